The molecular weight excluding hydrogens is 578 g/mol. The van der Waals surface area contributed by atoms with Gasteiger partial charge in [-0.15, -0.1) is 0 Å². The lowest BCUT2D eigenvalue weighted by atomic mass is 9.89. The minimum Gasteiger partial charge on any atom is -0.394 e. The van der Waals surface area contributed by atoms with Crippen LogP contribution in [0.3, 0.4) is 0 Å². The average Bonchev–Trinajstić information content (AvgIpc) is 2.96. The van der Waals surface area contributed by atoms with Crippen molar-refractivity contribution in [2.24, 2.45) is 0 Å². The molecule has 0 aliphatic carbocycles. The first-order chi connectivity index (χ1) is 18.9. The maximum atomic E-state index is 13.2. The van der Waals surface area contributed by atoms with Crippen molar-refractivity contribution in [2.45, 2.75) is 36.6 Å². The van der Waals surface area contributed by atoms with E-state index in [1.807, 2.05) is 43.3 Å². The molecule has 1 heterocycles. The monoisotopic (exact) mass is 609 g/mol. The second kappa shape index (κ2) is 13.7. The van der Waals surface area contributed by atoms with Gasteiger partial charge in [0, 0.05) is 24.3 Å². The number of rotatable bonds is 13. The van der Waals surface area contributed by atoms with Crippen molar-refractivity contribution in [2.75, 3.05) is 23.8 Å². The normalized spacial score (nSPS) is 12.3. The topological polar surface area (TPSA) is 116 Å². The van der Waals surface area contributed by atoms with Crippen LogP contribution in [-0.4, -0.2) is 42.7 Å². The van der Waals surface area contributed by atoms with E-state index < -0.39 is 10.0 Å². The second-order valence-electron chi connectivity index (χ2n) is 9.04. The Morgan fingerprint density at radius 2 is 1.62 bits per heavy atom. The zero-order valence-corrected chi connectivity index (χ0v) is 24.0. The Hall–Kier alpha value is -3.31. The molecule has 0 spiro atoms. The molecule has 0 aliphatic heterocycles. The van der Waals surface area contributed by atoms with Crippen LogP contribution >= 0.6 is 15.9 Å². The number of nitrogens with zero attached hydrogens (tertiary/aromatic N) is 2. The standard InChI is InChI=1S/C29H32BrN5O3S/c1-2-23(20-36)33-28-27(30)19-31-29(35-28)34-24-14-9-15-25(18-24)39(37,38)32-17-16-26(21-10-5-3-6-11-21)22-12-7-4-8-13-22/h3-15,18-19,23,26,32,36H,2,16-17,20H2,1H3,(H2,31,33,34,35)/t23-/m1/s1. The van der Waals surface area contributed by atoms with Gasteiger partial charge in [0.2, 0.25) is 16.0 Å². The summed E-state index contributed by atoms with van der Waals surface area (Å²) in [5.41, 5.74) is 2.81. The predicted octanol–water partition coefficient (Wildman–Crippen LogP) is 5.67. The SMILES string of the molecule is CC[C@H](CO)Nc1nc(Nc2cccc(S(=O)(=O)NCCC(c3ccccc3)c3ccccc3)c2)ncc1Br. The first-order valence-corrected chi connectivity index (χ1v) is 15.0. The summed E-state index contributed by atoms with van der Waals surface area (Å²) in [7, 11) is -3.75. The van der Waals surface area contributed by atoms with Gasteiger partial charge in [-0.3, -0.25) is 0 Å². The summed E-state index contributed by atoms with van der Waals surface area (Å²) in [5.74, 6) is 0.897. The molecule has 3 aromatic carbocycles. The molecule has 10 heteroatoms. The Morgan fingerprint density at radius 3 is 2.23 bits per heavy atom. The third kappa shape index (κ3) is 7.86. The van der Waals surface area contributed by atoms with Crippen molar-refractivity contribution >= 4 is 43.4 Å². The van der Waals surface area contributed by atoms with Gasteiger partial charge in [-0.1, -0.05) is 73.7 Å². The van der Waals surface area contributed by atoms with Crippen LogP contribution in [0.4, 0.5) is 17.5 Å². The minimum absolute atomic E-state index is 0.0277. The van der Waals surface area contributed by atoms with E-state index in [-0.39, 0.29) is 30.0 Å². The highest BCUT2D eigenvalue weighted by molar-refractivity contribution is 9.10. The van der Waals surface area contributed by atoms with Crippen LogP contribution in [0.5, 0.6) is 0 Å². The summed E-state index contributed by atoms with van der Waals surface area (Å²) in [6.45, 7) is 2.22. The lowest BCUT2D eigenvalue weighted by Crippen LogP contribution is -2.26. The van der Waals surface area contributed by atoms with E-state index >= 15 is 0 Å². The number of aliphatic hydroxyl groups excluding tert-OH is 1. The third-order valence-electron chi connectivity index (χ3n) is 6.33. The molecule has 0 saturated heterocycles. The van der Waals surface area contributed by atoms with Gasteiger partial charge >= 0.3 is 0 Å². The van der Waals surface area contributed by atoms with Gasteiger partial charge in [0.15, 0.2) is 0 Å². The molecule has 204 valence electrons. The largest absolute Gasteiger partial charge is 0.394 e. The molecule has 0 aliphatic rings. The average molecular weight is 611 g/mol. The molecule has 1 atom stereocenters. The highest BCUT2D eigenvalue weighted by Crippen LogP contribution is 2.28. The molecule has 4 rings (SSSR count). The summed E-state index contributed by atoms with van der Waals surface area (Å²) >= 11 is 3.42. The van der Waals surface area contributed by atoms with E-state index in [0.717, 1.165) is 17.5 Å². The number of benzene rings is 3. The van der Waals surface area contributed by atoms with Crippen LogP contribution in [0.15, 0.2) is 100 Å². The number of anilines is 3. The van der Waals surface area contributed by atoms with Crippen molar-refractivity contribution in [3.8, 4) is 0 Å². The maximum Gasteiger partial charge on any atom is 0.240 e. The molecule has 39 heavy (non-hydrogen) atoms. The summed E-state index contributed by atoms with van der Waals surface area (Å²) in [6.07, 6.45) is 2.93. The number of sulfonamides is 1. The van der Waals surface area contributed by atoms with Crippen LogP contribution < -0.4 is 15.4 Å². The molecule has 0 unspecified atom stereocenters. The van der Waals surface area contributed by atoms with Crippen molar-refractivity contribution in [3.05, 3.63) is 107 Å². The smallest absolute Gasteiger partial charge is 0.240 e. The molecule has 0 saturated carbocycles. The molecule has 0 fully saturated rings. The van der Waals surface area contributed by atoms with Gasteiger partial charge in [-0.05, 0) is 58.1 Å². The van der Waals surface area contributed by atoms with Crippen molar-refractivity contribution < 1.29 is 13.5 Å². The lowest BCUT2D eigenvalue weighted by Gasteiger charge is -2.18. The van der Waals surface area contributed by atoms with E-state index in [2.05, 4.69) is 65.5 Å². The Balaban J connectivity index is 1.45. The van der Waals surface area contributed by atoms with Crippen LogP contribution in [0.25, 0.3) is 0 Å². The Labute approximate surface area is 238 Å². The molecular formula is C29H32BrN5O3S. The van der Waals surface area contributed by atoms with Crippen molar-refractivity contribution in [1.82, 2.24) is 14.7 Å². The first kappa shape index (κ1) is 28.7. The van der Waals surface area contributed by atoms with Crippen LogP contribution in [0.1, 0.15) is 36.8 Å². The summed E-state index contributed by atoms with van der Waals surface area (Å²) in [4.78, 5) is 8.88. The van der Waals surface area contributed by atoms with Crippen LogP contribution in [-0.2, 0) is 10.0 Å². The molecule has 8 nitrogen and oxygen atoms in total. The van der Waals surface area contributed by atoms with Gasteiger partial charge < -0.3 is 15.7 Å². The van der Waals surface area contributed by atoms with E-state index in [4.69, 9.17) is 0 Å². The Bertz CT molecular complexity index is 1410. The Kier molecular flexibility index (Phi) is 10.0. The maximum absolute atomic E-state index is 13.2. The van der Waals surface area contributed by atoms with Gasteiger partial charge in [-0.25, -0.2) is 18.1 Å². The second-order valence-corrected chi connectivity index (χ2v) is 11.7. The quantitative estimate of drug-likeness (QED) is 0.154. The third-order valence-corrected chi connectivity index (χ3v) is 8.37. The van der Waals surface area contributed by atoms with Crippen LogP contribution in [0.2, 0.25) is 0 Å². The van der Waals surface area contributed by atoms with E-state index in [1.165, 1.54) is 0 Å². The van der Waals surface area contributed by atoms with Crippen molar-refractivity contribution in [1.29, 1.82) is 0 Å². The fraction of sp³-hybridized carbons (Fsp3) is 0.241. The molecule has 0 radical (unpaired) electrons. The molecule has 1 aromatic heterocycles. The number of aliphatic hydroxyl groups is 1. The predicted molar refractivity (Wildman–Crippen MR) is 159 cm³/mol. The van der Waals surface area contributed by atoms with E-state index in [1.54, 1.807) is 30.5 Å². The number of nitrogens with one attached hydrogen (secondary N) is 3. The summed E-state index contributed by atoms with van der Waals surface area (Å²) in [5, 5.41) is 15.7. The number of hydrogen-bond donors (Lipinski definition) is 4. The number of aromatic nitrogens is 2. The zero-order valence-electron chi connectivity index (χ0n) is 21.6. The minimum atomic E-state index is -3.75. The Morgan fingerprint density at radius 1 is 0.949 bits per heavy atom. The first-order valence-electron chi connectivity index (χ1n) is 12.8. The summed E-state index contributed by atoms with van der Waals surface area (Å²) in [6, 6.07) is 26.6. The van der Waals surface area contributed by atoms with Crippen LogP contribution in [0, 0.1) is 0 Å². The number of halogens is 1. The highest BCUT2D eigenvalue weighted by Gasteiger charge is 2.18. The van der Waals surface area contributed by atoms with Gasteiger partial charge in [0.05, 0.1) is 22.0 Å². The van der Waals surface area contributed by atoms with Gasteiger partial charge in [0.1, 0.15) is 5.82 Å². The highest BCUT2D eigenvalue weighted by atomic mass is 79.9. The lowest BCUT2D eigenvalue weighted by molar-refractivity contribution is 0.271. The van der Waals surface area contributed by atoms with Gasteiger partial charge in [0.25, 0.3) is 0 Å². The molecule has 0 bridgehead atoms. The molecule has 4 aromatic rings. The number of hydrogen-bond acceptors (Lipinski definition) is 7. The van der Waals surface area contributed by atoms with E-state index in [9.17, 15) is 13.5 Å². The molecule has 4 N–H and O–H groups in total. The van der Waals surface area contributed by atoms with E-state index in [0.29, 0.717) is 28.3 Å². The van der Waals surface area contributed by atoms with Gasteiger partial charge in [-0.2, -0.15) is 4.98 Å². The van der Waals surface area contributed by atoms with Crippen molar-refractivity contribution in [3.63, 3.8) is 0 Å². The molecule has 0 amide bonds. The summed E-state index contributed by atoms with van der Waals surface area (Å²) < 4.78 is 29.8. The fourth-order valence-corrected chi connectivity index (χ4v) is 5.58. The zero-order chi connectivity index (χ0) is 27.7. The fourth-order valence-electron chi connectivity index (χ4n) is 4.19.